The highest BCUT2D eigenvalue weighted by molar-refractivity contribution is 5.88. The topological polar surface area (TPSA) is 86.2 Å². The van der Waals surface area contributed by atoms with E-state index in [1.54, 1.807) is 0 Å². The molecule has 4 nitrogen and oxygen atoms in total. The summed E-state index contributed by atoms with van der Waals surface area (Å²) in [6.07, 6.45) is 4.44. The molecule has 0 aromatic heterocycles. The summed E-state index contributed by atoms with van der Waals surface area (Å²) >= 11 is 0. The van der Waals surface area contributed by atoms with Crippen molar-refractivity contribution in [1.29, 1.82) is 0 Å². The number of nitrogens with two attached hydrogens (primary N) is 2. The molecular weight excluding hydrogens is 192 g/mol. The van der Waals surface area contributed by atoms with Gasteiger partial charge in [0.1, 0.15) is 0 Å². The second-order valence-electron chi connectivity index (χ2n) is 5.38. The van der Waals surface area contributed by atoms with Crippen LogP contribution >= 0.6 is 0 Å². The third-order valence-electron chi connectivity index (χ3n) is 5.00. The summed E-state index contributed by atoms with van der Waals surface area (Å²) in [6.45, 7) is 0. The van der Waals surface area contributed by atoms with Gasteiger partial charge in [-0.25, -0.2) is 0 Å². The minimum atomic E-state index is -0.322. The van der Waals surface area contributed by atoms with Gasteiger partial charge in [-0.15, -0.1) is 0 Å². The van der Waals surface area contributed by atoms with Gasteiger partial charge in [0.05, 0.1) is 11.8 Å². The summed E-state index contributed by atoms with van der Waals surface area (Å²) in [5.74, 6) is -0.503. The molecule has 2 amide bonds. The predicted octanol–water partition coefficient (Wildman–Crippen LogP) is 0.00940. The van der Waals surface area contributed by atoms with Gasteiger partial charge in [-0.1, -0.05) is 0 Å². The van der Waals surface area contributed by atoms with Crippen LogP contribution in [0.25, 0.3) is 0 Å². The van der Waals surface area contributed by atoms with E-state index in [9.17, 15) is 9.59 Å². The monoisotopic (exact) mass is 208 g/mol. The third kappa shape index (κ3) is 0.924. The van der Waals surface area contributed by atoms with Crippen LogP contribution in [-0.2, 0) is 9.59 Å². The fraction of sp³-hybridized carbons (Fsp3) is 0.818. The molecule has 0 aliphatic heterocycles. The molecular formula is C11H16N2O2. The molecule has 3 saturated carbocycles. The van der Waals surface area contributed by atoms with Crippen LogP contribution in [0.15, 0.2) is 0 Å². The zero-order chi connectivity index (χ0) is 10.8. The van der Waals surface area contributed by atoms with Crippen LogP contribution in [-0.4, -0.2) is 11.8 Å². The lowest BCUT2D eigenvalue weighted by Gasteiger charge is -2.25. The van der Waals surface area contributed by atoms with Crippen LogP contribution in [0, 0.1) is 29.1 Å². The van der Waals surface area contributed by atoms with E-state index in [1.165, 1.54) is 0 Å². The molecule has 3 fully saturated rings. The van der Waals surface area contributed by atoms with Gasteiger partial charge < -0.3 is 11.5 Å². The van der Waals surface area contributed by atoms with Crippen molar-refractivity contribution in [3.63, 3.8) is 0 Å². The van der Waals surface area contributed by atoms with E-state index in [1.807, 2.05) is 0 Å². The number of hydrogen-bond donors (Lipinski definition) is 2. The van der Waals surface area contributed by atoms with E-state index < -0.39 is 0 Å². The van der Waals surface area contributed by atoms with E-state index >= 15 is 0 Å². The van der Waals surface area contributed by atoms with Crippen LogP contribution in [0.1, 0.15) is 25.7 Å². The molecule has 3 aliphatic carbocycles. The molecule has 4 unspecified atom stereocenters. The van der Waals surface area contributed by atoms with Gasteiger partial charge >= 0.3 is 0 Å². The number of amides is 2. The lowest BCUT2D eigenvalue weighted by molar-refractivity contribution is -0.133. The summed E-state index contributed by atoms with van der Waals surface area (Å²) in [6, 6.07) is 0. The van der Waals surface area contributed by atoms with Crippen LogP contribution in [0.4, 0.5) is 0 Å². The molecule has 3 aliphatic rings. The van der Waals surface area contributed by atoms with Gasteiger partial charge in [0.15, 0.2) is 0 Å². The molecule has 15 heavy (non-hydrogen) atoms. The lowest BCUT2D eigenvalue weighted by atomic mass is 9.78. The Hall–Kier alpha value is -1.06. The van der Waals surface area contributed by atoms with Crippen LogP contribution in [0.3, 0.4) is 0 Å². The standard InChI is InChI=1S/C11H16N2O2/c12-9(14)7-5-1-2-6(8(7)10(13)15)11(5)3-4-11/h5-8H,1-4H2,(H2,12,14)(H2,13,15). The fourth-order valence-electron chi connectivity index (χ4n) is 4.42. The van der Waals surface area contributed by atoms with Crippen molar-refractivity contribution >= 4 is 11.8 Å². The highest BCUT2D eigenvalue weighted by atomic mass is 16.2. The summed E-state index contributed by atoms with van der Waals surface area (Å²) in [7, 11) is 0. The maximum atomic E-state index is 11.4. The smallest absolute Gasteiger partial charge is 0.221 e. The molecule has 0 radical (unpaired) electrons. The summed E-state index contributed by atoms with van der Waals surface area (Å²) in [4.78, 5) is 22.9. The summed E-state index contributed by atoms with van der Waals surface area (Å²) in [5.41, 5.74) is 11.1. The van der Waals surface area contributed by atoms with Crippen molar-refractivity contribution in [2.24, 2.45) is 40.6 Å². The average Bonchev–Trinajstić information content (AvgIpc) is 2.81. The molecule has 0 aromatic carbocycles. The van der Waals surface area contributed by atoms with E-state index in [0.29, 0.717) is 11.8 Å². The van der Waals surface area contributed by atoms with E-state index in [4.69, 9.17) is 11.5 Å². The molecule has 0 aromatic rings. The Bertz CT molecular complexity index is 318. The first kappa shape index (κ1) is 9.19. The highest BCUT2D eigenvalue weighted by Gasteiger charge is 2.71. The molecule has 4 N–H and O–H groups in total. The van der Waals surface area contributed by atoms with Crippen LogP contribution in [0.5, 0.6) is 0 Å². The normalized spacial score (nSPS) is 44.5. The molecule has 1 spiro atoms. The van der Waals surface area contributed by atoms with Gasteiger partial charge in [-0.2, -0.15) is 0 Å². The second-order valence-corrected chi connectivity index (χ2v) is 5.38. The SMILES string of the molecule is NC(=O)C1C(C(N)=O)C2CCC1C21CC1. The quantitative estimate of drug-likeness (QED) is 0.669. The van der Waals surface area contributed by atoms with Gasteiger partial charge in [0.25, 0.3) is 0 Å². The third-order valence-corrected chi connectivity index (χ3v) is 5.00. The number of carbonyl (C=O) groups is 2. The number of hydrogen-bond acceptors (Lipinski definition) is 2. The van der Waals surface area contributed by atoms with Crippen molar-refractivity contribution in [3.8, 4) is 0 Å². The van der Waals surface area contributed by atoms with Gasteiger partial charge in [0, 0.05) is 0 Å². The number of carbonyl (C=O) groups excluding carboxylic acids is 2. The first-order chi connectivity index (χ1) is 7.08. The maximum absolute atomic E-state index is 11.4. The second kappa shape index (κ2) is 2.54. The Morgan fingerprint density at radius 1 is 0.933 bits per heavy atom. The fourth-order valence-corrected chi connectivity index (χ4v) is 4.42. The summed E-state index contributed by atoms with van der Waals surface area (Å²) in [5, 5.41) is 0. The number of rotatable bonds is 2. The van der Waals surface area contributed by atoms with Gasteiger partial charge in [-0.05, 0) is 42.9 Å². The van der Waals surface area contributed by atoms with Crippen molar-refractivity contribution in [2.45, 2.75) is 25.7 Å². The van der Waals surface area contributed by atoms with E-state index in [-0.39, 0.29) is 29.1 Å². The first-order valence-corrected chi connectivity index (χ1v) is 5.66. The molecule has 82 valence electrons. The largest absolute Gasteiger partial charge is 0.369 e. The Morgan fingerprint density at radius 2 is 1.33 bits per heavy atom. The van der Waals surface area contributed by atoms with Gasteiger partial charge in [-0.3, -0.25) is 9.59 Å². The Balaban J connectivity index is 2.01. The predicted molar refractivity (Wildman–Crippen MR) is 53.2 cm³/mol. The first-order valence-electron chi connectivity index (χ1n) is 5.66. The molecule has 0 heterocycles. The molecule has 3 rings (SSSR count). The van der Waals surface area contributed by atoms with E-state index in [2.05, 4.69) is 0 Å². The zero-order valence-electron chi connectivity index (χ0n) is 8.61. The Morgan fingerprint density at radius 3 is 1.60 bits per heavy atom. The van der Waals surface area contributed by atoms with Crippen LogP contribution < -0.4 is 11.5 Å². The number of primary amides is 2. The Kier molecular flexibility index (Phi) is 1.56. The maximum Gasteiger partial charge on any atom is 0.221 e. The van der Waals surface area contributed by atoms with Crippen molar-refractivity contribution < 1.29 is 9.59 Å². The van der Waals surface area contributed by atoms with Crippen molar-refractivity contribution in [3.05, 3.63) is 0 Å². The summed E-state index contributed by atoms with van der Waals surface area (Å²) < 4.78 is 0. The minimum Gasteiger partial charge on any atom is -0.369 e. The molecule has 0 saturated heterocycles. The van der Waals surface area contributed by atoms with Gasteiger partial charge in [0.2, 0.25) is 11.8 Å². The minimum absolute atomic E-state index is 0.274. The molecule has 2 bridgehead atoms. The molecule has 4 heteroatoms. The highest BCUT2D eigenvalue weighted by Crippen LogP contribution is 2.74. The van der Waals surface area contributed by atoms with Crippen LogP contribution in [0.2, 0.25) is 0 Å². The zero-order valence-corrected chi connectivity index (χ0v) is 8.61. The van der Waals surface area contributed by atoms with Crippen molar-refractivity contribution in [2.75, 3.05) is 0 Å². The average molecular weight is 208 g/mol. The molecule has 4 atom stereocenters. The lowest BCUT2D eigenvalue weighted by Crippen LogP contribution is -2.41. The Labute approximate surface area is 88.4 Å². The van der Waals surface area contributed by atoms with E-state index in [0.717, 1.165) is 25.7 Å². The van der Waals surface area contributed by atoms with Crippen molar-refractivity contribution in [1.82, 2.24) is 0 Å².